The van der Waals surface area contributed by atoms with Gasteiger partial charge < -0.3 is 5.32 Å². The Morgan fingerprint density at radius 1 is 1.67 bits per heavy atom. The Bertz CT molecular complexity index is 66.6. The minimum atomic E-state index is 0.767. The van der Waals surface area contributed by atoms with E-state index in [1.165, 1.54) is 31.6 Å². The highest BCUT2D eigenvalue weighted by molar-refractivity contribution is 7.99. The van der Waals surface area contributed by atoms with Gasteiger partial charge in [0.15, 0.2) is 0 Å². The van der Waals surface area contributed by atoms with E-state index in [-0.39, 0.29) is 0 Å². The largest absolute Gasteiger partial charge is 0.305 e. The van der Waals surface area contributed by atoms with Gasteiger partial charge in [-0.15, -0.1) is 11.8 Å². The maximum atomic E-state index is 3.48. The van der Waals surface area contributed by atoms with Crippen LogP contribution in [0.25, 0.3) is 0 Å². The fraction of sp³-hybridized carbons (Fsp3) is 1.00. The third kappa shape index (κ3) is 2.59. The average molecular weight is 145 g/mol. The highest BCUT2D eigenvalue weighted by Gasteiger charge is 2.10. The molecule has 0 unspecified atom stereocenters. The second-order valence-electron chi connectivity index (χ2n) is 2.46. The van der Waals surface area contributed by atoms with Gasteiger partial charge in [-0.2, -0.15) is 0 Å². The van der Waals surface area contributed by atoms with Crippen LogP contribution in [-0.2, 0) is 0 Å². The molecule has 1 nitrogen and oxygen atoms in total. The zero-order chi connectivity index (χ0) is 6.53. The summed E-state index contributed by atoms with van der Waals surface area (Å²) in [5, 5.41) is 4.25. The van der Waals surface area contributed by atoms with Crippen LogP contribution in [0.1, 0.15) is 26.2 Å². The van der Waals surface area contributed by atoms with Crippen molar-refractivity contribution >= 4 is 11.8 Å². The first kappa shape index (κ1) is 7.42. The second-order valence-corrected chi connectivity index (χ2v) is 3.77. The Labute approximate surface area is 61.6 Å². The highest BCUT2D eigenvalue weighted by Crippen LogP contribution is 2.17. The van der Waals surface area contributed by atoms with E-state index in [9.17, 15) is 0 Å². The molecule has 0 aromatic carbocycles. The number of thioether (sulfide) groups is 1. The van der Waals surface area contributed by atoms with Gasteiger partial charge in [0.05, 0.1) is 5.37 Å². The van der Waals surface area contributed by atoms with Gasteiger partial charge in [0, 0.05) is 0 Å². The van der Waals surface area contributed by atoms with E-state index in [1.54, 1.807) is 0 Å². The monoisotopic (exact) mass is 145 g/mol. The van der Waals surface area contributed by atoms with Crippen LogP contribution in [0.3, 0.4) is 0 Å². The van der Waals surface area contributed by atoms with Crippen LogP contribution < -0.4 is 5.32 Å². The molecular formula is C7H15NS. The molecule has 0 radical (unpaired) electrons. The van der Waals surface area contributed by atoms with Crippen molar-refractivity contribution in [1.82, 2.24) is 5.32 Å². The molecule has 9 heavy (non-hydrogen) atoms. The van der Waals surface area contributed by atoms with Crippen molar-refractivity contribution in [1.29, 1.82) is 0 Å². The maximum absolute atomic E-state index is 3.48. The second kappa shape index (κ2) is 4.18. The van der Waals surface area contributed by atoms with Crippen LogP contribution in [0.5, 0.6) is 0 Å². The molecule has 54 valence electrons. The van der Waals surface area contributed by atoms with Gasteiger partial charge in [0.25, 0.3) is 0 Å². The normalized spacial score (nSPS) is 28.3. The molecule has 1 saturated heterocycles. The molecule has 0 aromatic heterocycles. The summed E-state index contributed by atoms with van der Waals surface area (Å²) in [7, 11) is 0. The number of nitrogens with one attached hydrogen (secondary N) is 1. The smallest absolute Gasteiger partial charge is 0.0532 e. The summed E-state index contributed by atoms with van der Waals surface area (Å²) in [5.41, 5.74) is 0. The molecule has 0 aromatic rings. The quantitative estimate of drug-likeness (QED) is 0.636. The molecule has 1 aliphatic heterocycles. The number of rotatable bonds is 2. The minimum absolute atomic E-state index is 0.767. The van der Waals surface area contributed by atoms with Crippen molar-refractivity contribution in [3.8, 4) is 0 Å². The molecule has 1 fully saturated rings. The molecule has 0 aliphatic carbocycles. The summed E-state index contributed by atoms with van der Waals surface area (Å²) >= 11 is 2.08. The Hall–Kier alpha value is 0.310. The first-order valence-corrected chi connectivity index (χ1v) is 4.83. The summed E-state index contributed by atoms with van der Waals surface area (Å²) in [6, 6.07) is 0. The van der Waals surface area contributed by atoms with Crippen LogP contribution >= 0.6 is 11.8 Å². The lowest BCUT2D eigenvalue weighted by molar-refractivity contribution is 0.581. The molecule has 1 heterocycles. The fourth-order valence-corrected chi connectivity index (χ4v) is 2.30. The lowest BCUT2D eigenvalue weighted by Gasteiger charge is -2.21. The van der Waals surface area contributed by atoms with E-state index >= 15 is 0 Å². The van der Waals surface area contributed by atoms with Crippen LogP contribution in [0, 0.1) is 0 Å². The predicted molar refractivity (Wildman–Crippen MR) is 43.8 cm³/mol. The van der Waals surface area contributed by atoms with Crippen LogP contribution in [0.2, 0.25) is 0 Å². The first-order valence-electron chi connectivity index (χ1n) is 3.78. The lowest BCUT2D eigenvalue weighted by Crippen LogP contribution is -2.31. The average Bonchev–Trinajstić information content (AvgIpc) is 1.91. The van der Waals surface area contributed by atoms with Gasteiger partial charge in [0.1, 0.15) is 0 Å². The van der Waals surface area contributed by atoms with E-state index in [2.05, 4.69) is 24.0 Å². The van der Waals surface area contributed by atoms with Gasteiger partial charge in [-0.3, -0.25) is 0 Å². The molecule has 0 saturated carbocycles. The molecule has 1 atom stereocenters. The Balaban J connectivity index is 2.08. The molecule has 0 bridgehead atoms. The van der Waals surface area contributed by atoms with Crippen molar-refractivity contribution in [3.05, 3.63) is 0 Å². The van der Waals surface area contributed by atoms with Gasteiger partial charge in [-0.05, 0) is 25.1 Å². The highest BCUT2D eigenvalue weighted by atomic mass is 32.2. The molecule has 1 N–H and O–H groups in total. The van der Waals surface area contributed by atoms with Crippen LogP contribution in [0.4, 0.5) is 0 Å². The molecule has 2 heteroatoms. The number of hydrogen-bond acceptors (Lipinski definition) is 2. The Morgan fingerprint density at radius 3 is 3.11 bits per heavy atom. The van der Waals surface area contributed by atoms with Crippen molar-refractivity contribution in [3.63, 3.8) is 0 Å². The zero-order valence-corrected chi connectivity index (χ0v) is 6.84. The first-order chi connectivity index (χ1) is 4.43. The molecule has 1 rings (SSSR count). The molecule has 0 spiro atoms. The number of hydrogen-bond donors (Lipinski definition) is 1. The van der Waals surface area contributed by atoms with E-state index in [0.29, 0.717) is 0 Å². The third-order valence-corrected chi connectivity index (χ3v) is 2.89. The summed E-state index contributed by atoms with van der Waals surface area (Å²) in [5.74, 6) is 1.36. The third-order valence-electron chi connectivity index (χ3n) is 1.56. The fourth-order valence-electron chi connectivity index (χ4n) is 1.07. The summed E-state index contributed by atoms with van der Waals surface area (Å²) < 4.78 is 0. The molecule has 1 aliphatic rings. The van der Waals surface area contributed by atoms with Gasteiger partial charge in [0.2, 0.25) is 0 Å². The van der Waals surface area contributed by atoms with Gasteiger partial charge in [-0.25, -0.2) is 0 Å². The van der Waals surface area contributed by atoms with E-state index < -0.39 is 0 Å². The van der Waals surface area contributed by atoms with Crippen molar-refractivity contribution < 1.29 is 0 Å². The predicted octanol–water partition coefficient (Wildman–Crippen LogP) is 1.84. The van der Waals surface area contributed by atoms with Crippen LogP contribution in [-0.4, -0.2) is 17.7 Å². The topological polar surface area (TPSA) is 12.0 Å². The van der Waals surface area contributed by atoms with Crippen molar-refractivity contribution in [2.45, 2.75) is 31.6 Å². The lowest BCUT2D eigenvalue weighted by atomic mass is 10.3. The van der Waals surface area contributed by atoms with Crippen molar-refractivity contribution in [2.75, 3.05) is 12.3 Å². The van der Waals surface area contributed by atoms with E-state index in [1.807, 2.05) is 0 Å². The van der Waals surface area contributed by atoms with Crippen molar-refractivity contribution in [2.24, 2.45) is 0 Å². The molecular weight excluding hydrogens is 130 g/mol. The van der Waals surface area contributed by atoms with Crippen LogP contribution in [0.15, 0.2) is 0 Å². The minimum Gasteiger partial charge on any atom is -0.305 e. The standard InChI is InChI=1S/C7H15NS/c1-2-4-7-8-5-3-6-9-7/h7-8H,2-6H2,1H3/t7-/m0/s1. The summed E-state index contributed by atoms with van der Waals surface area (Å²) in [6.45, 7) is 3.48. The molecule has 0 amide bonds. The summed E-state index contributed by atoms with van der Waals surface area (Å²) in [4.78, 5) is 0. The van der Waals surface area contributed by atoms with Gasteiger partial charge in [-0.1, -0.05) is 13.3 Å². The van der Waals surface area contributed by atoms with E-state index in [4.69, 9.17) is 0 Å². The van der Waals surface area contributed by atoms with Gasteiger partial charge >= 0.3 is 0 Å². The zero-order valence-electron chi connectivity index (χ0n) is 6.02. The maximum Gasteiger partial charge on any atom is 0.0532 e. The van der Waals surface area contributed by atoms with E-state index in [0.717, 1.165) is 5.37 Å². The Kier molecular flexibility index (Phi) is 3.44. The summed E-state index contributed by atoms with van der Waals surface area (Å²) in [6.07, 6.45) is 4.00. The SMILES string of the molecule is CCC[C@H]1NCCCS1. The Morgan fingerprint density at radius 2 is 2.56 bits per heavy atom.